The van der Waals surface area contributed by atoms with Gasteiger partial charge in [-0.1, -0.05) is 30.1 Å². The van der Waals surface area contributed by atoms with E-state index < -0.39 is 18.3 Å². The number of carbonyl (C=O) groups excluding carboxylic acids is 1. The molecule has 7 heteroatoms. The molecule has 0 fully saturated rings. The molecule has 0 amide bonds. The van der Waals surface area contributed by atoms with Gasteiger partial charge in [0.15, 0.2) is 0 Å². The van der Waals surface area contributed by atoms with Gasteiger partial charge in [-0.2, -0.15) is 0 Å². The van der Waals surface area contributed by atoms with Crippen molar-refractivity contribution in [3.63, 3.8) is 0 Å². The van der Waals surface area contributed by atoms with E-state index in [1.54, 1.807) is 18.2 Å². The monoisotopic (exact) mass is 418 g/mol. The van der Waals surface area contributed by atoms with E-state index in [1.807, 2.05) is 0 Å². The highest BCUT2D eigenvalue weighted by Crippen LogP contribution is 2.11. The fourth-order valence-electron chi connectivity index (χ4n) is 2.16. The van der Waals surface area contributed by atoms with Gasteiger partial charge in [-0.05, 0) is 55.3 Å². The van der Waals surface area contributed by atoms with E-state index in [9.17, 15) is 24.5 Å². The van der Waals surface area contributed by atoms with Crippen LogP contribution in [0.3, 0.4) is 0 Å². The Morgan fingerprint density at radius 3 is 2.50 bits per heavy atom. The first-order valence-electron chi connectivity index (χ1n) is 9.42. The van der Waals surface area contributed by atoms with Gasteiger partial charge in [-0.15, -0.1) is 0 Å². The molecule has 0 spiro atoms. The van der Waals surface area contributed by atoms with Crippen LogP contribution in [0.15, 0.2) is 60.7 Å². The SMILES string of the molecule is COC(=O)CCC[C@H](O)[C@H](O)C=CC=CC#CC=C[C@H](O)COc1ccc(F)cc1. The second-order valence-corrected chi connectivity index (χ2v) is 6.25. The number of aliphatic hydroxyl groups excluding tert-OH is 3. The summed E-state index contributed by atoms with van der Waals surface area (Å²) in [5.41, 5.74) is 0. The molecular weight excluding hydrogens is 391 g/mol. The first-order chi connectivity index (χ1) is 14.4. The third-order valence-corrected chi connectivity index (χ3v) is 3.82. The molecule has 1 aromatic carbocycles. The second kappa shape index (κ2) is 15.0. The summed E-state index contributed by atoms with van der Waals surface area (Å²) in [6.45, 7) is 0.0161. The summed E-state index contributed by atoms with van der Waals surface area (Å²) in [4.78, 5) is 11.0. The summed E-state index contributed by atoms with van der Waals surface area (Å²) in [5.74, 6) is 5.17. The molecule has 1 rings (SSSR count). The highest BCUT2D eigenvalue weighted by Gasteiger charge is 2.13. The van der Waals surface area contributed by atoms with Gasteiger partial charge in [0.05, 0.1) is 19.3 Å². The standard InChI is InChI=1S/C23H27FO6/c1-29-23(28)12-8-11-22(27)21(26)10-7-5-3-2-4-6-9-19(25)17-30-20-15-13-18(24)14-16-20/h3,5-7,9-10,13-16,19,21-22,25-27H,8,11-12,17H2,1H3/t19-,21+,22-/m0/s1. The van der Waals surface area contributed by atoms with Crippen molar-refractivity contribution in [1.29, 1.82) is 0 Å². The Hall–Kier alpha value is -2.92. The van der Waals surface area contributed by atoms with E-state index >= 15 is 0 Å². The number of hydrogen-bond acceptors (Lipinski definition) is 6. The van der Waals surface area contributed by atoms with Crippen LogP contribution in [0.5, 0.6) is 5.75 Å². The van der Waals surface area contributed by atoms with Crippen LogP contribution in [-0.2, 0) is 9.53 Å². The number of esters is 1. The normalized spacial score (nSPS) is 14.4. The molecule has 0 aromatic heterocycles. The van der Waals surface area contributed by atoms with E-state index in [-0.39, 0.29) is 31.2 Å². The van der Waals surface area contributed by atoms with Gasteiger partial charge < -0.3 is 24.8 Å². The number of rotatable bonds is 11. The van der Waals surface area contributed by atoms with Crippen molar-refractivity contribution in [2.75, 3.05) is 13.7 Å². The minimum Gasteiger partial charge on any atom is -0.491 e. The molecular formula is C23H27FO6. The number of benzene rings is 1. The summed E-state index contributed by atoms with van der Waals surface area (Å²) in [7, 11) is 1.30. The van der Waals surface area contributed by atoms with Crippen LogP contribution in [-0.4, -0.2) is 53.3 Å². The topological polar surface area (TPSA) is 96.2 Å². The van der Waals surface area contributed by atoms with Gasteiger partial charge in [0.1, 0.15) is 24.3 Å². The molecule has 0 unspecified atom stereocenters. The average Bonchev–Trinajstić information content (AvgIpc) is 2.74. The van der Waals surface area contributed by atoms with Crippen LogP contribution in [0.25, 0.3) is 0 Å². The molecule has 162 valence electrons. The fraction of sp³-hybridized carbons (Fsp3) is 0.348. The summed E-state index contributed by atoms with van der Waals surface area (Å²) >= 11 is 0. The number of hydrogen-bond donors (Lipinski definition) is 3. The molecule has 0 aliphatic heterocycles. The van der Waals surface area contributed by atoms with Crippen molar-refractivity contribution in [2.45, 2.75) is 37.6 Å². The molecule has 0 saturated heterocycles. The van der Waals surface area contributed by atoms with Crippen LogP contribution >= 0.6 is 0 Å². The van der Waals surface area contributed by atoms with Gasteiger partial charge in [0.25, 0.3) is 0 Å². The lowest BCUT2D eigenvalue weighted by Crippen LogP contribution is -2.23. The molecule has 1 aromatic rings. The Morgan fingerprint density at radius 1 is 1.10 bits per heavy atom. The lowest BCUT2D eigenvalue weighted by molar-refractivity contribution is -0.140. The summed E-state index contributed by atoms with van der Waals surface area (Å²) in [5, 5.41) is 29.4. The Morgan fingerprint density at radius 2 is 1.80 bits per heavy atom. The van der Waals surface area contributed by atoms with Crippen molar-refractivity contribution >= 4 is 5.97 Å². The number of ether oxygens (including phenoxy) is 2. The molecule has 0 aliphatic rings. The zero-order valence-electron chi connectivity index (χ0n) is 16.8. The van der Waals surface area contributed by atoms with Crippen LogP contribution < -0.4 is 4.74 Å². The van der Waals surface area contributed by atoms with Crippen molar-refractivity contribution in [2.24, 2.45) is 0 Å². The second-order valence-electron chi connectivity index (χ2n) is 6.25. The molecule has 0 bridgehead atoms. The first-order valence-corrected chi connectivity index (χ1v) is 9.42. The van der Waals surface area contributed by atoms with Crippen molar-refractivity contribution in [3.8, 4) is 17.6 Å². The number of methoxy groups -OCH3 is 1. The quantitative estimate of drug-likeness (QED) is 0.290. The Kier molecular flexibility index (Phi) is 12.6. The average molecular weight is 418 g/mol. The van der Waals surface area contributed by atoms with E-state index in [4.69, 9.17) is 4.74 Å². The molecule has 0 radical (unpaired) electrons. The van der Waals surface area contributed by atoms with Gasteiger partial charge in [-0.3, -0.25) is 4.79 Å². The van der Waals surface area contributed by atoms with Gasteiger partial charge >= 0.3 is 5.97 Å². The highest BCUT2D eigenvalue weighted by atomic mass is 19.1. The molecule has 30 heavy (non-hydrogen) atoms. The zero-order valence-corrected chi connectivity index (χ0v) is 16.8. The van der Waals surface area contributed by atoms with Crippen LogP contribution in [0.2, 0.25) is 0 Å². The maximum Gasteiger partial charge on any atom is 0.305 e. The number of aliphatic hydroxyl groups is 3. The Bertz CT molecular complexity index is 773. The minimum absolute atomic E-state index is 0.0161. The highest BCUT2D eigenvalue weighted by molar-refractivity contribution is 5.68. The Balaban J connectivity index is 2.26. The Labute approximate surface area is 176 Å². The summed E-state index contributed by atoms with van der Waals surface area (Å²) < 4.78 is 22.6. The first kappa shape index (κ1) is 25.1. The van der Waals surface area contributed by atoms with Crippen molar-refractivity contribution in [1.82, 2.24) is 0 Å². The molecule has 6 nitrogen and oxygen atoms in total. The molecule has 0 heterocycles. The third-order valence-electron chi connectivity index (χ3n) is 3.82. The van der Waals surface area contributed by atoms with Crippen LogP contribution in [0.1, 0.15) is 19.3 Å². The van der Waals surface area contributed by atoms with Crippen LogP contribution in [0.4, 0.5) is 4.39 Å². The van der Waals surface area contributed by atoms with E-state index in [2.05, 4.69) is 16.6 Å². The lowest BCUT2D eigenvalue weighted by atomic mass is 10.1. The molecule has 0 saturated carbocycles. The van der Waals surface area contributed by atoms with Gasteiger partial charge in [0, 0.05) is 6.42 Å². The minimum atomic E-state index is -1.04. The van der Waals surface area contributed by atoms with Crippen molar-refractivity contribution in [3.05, 3.63) is 66.5 Å². The van der Waals surface area contributed by atoms with Gasteiger partial charge in [-0.25, -0.2) is 4.39 Å². The van der Waals surface area contributed by atoms with Crippen molar-refractivity contribution < 1.29 is 34.0 Å². The molecule has 3 N–H and O–H groups in total. The predicted molar refractivity (Wildman–Crippen MR) is 111 cm³/mol. The third kappa shape index (κ3) is 11.8. The van der Waals surface area contributed by atoms with Crippen LogP contribution in [0, 0.1) is 17.7 Å². The number of halogens is 1. The molecule has 3 atom stereocenters. The maximum atomic E-state index is 12.8. The maximum absolute atomic E-state index is 12.8. The lowest BCUT2D eigenvalue weighted by Gasteiger charge is -2.13. The summed E-state index contributed by atoms with van der Waals surface area (Å²) in [6.07, 6.45) is 7.09. The number of carbonyl (C=O) groups is 1. The summed E-state index contributed by atoms with van der Waals surface area (Å²) in [6, 6.07) is 5.49. The van der Waals surface area contributed by atoms with Gasteiger partial charge in [0.2, 0.25) is 0 Å². The van der Waals surface area contributed by atoms with E-state index in [1.165, 1.54) is 49.6 Å². The largest absolute Gasteiger partial charge is 0.491 e. The zero-order chi connectivity index (χ0) is 22.2. The molecule has 0 aliphatic carbocycles. The number of allylic oxidation sites excluding steroid dienone is 4. The fourth-order valence-corrected chi connectivity index (χ4v) is 2.16. The predicted octanol–water partition coefficient (Wildman–Crippen LogP) is 2.30. The smallest absolute Gasteiger partial charge is 0.305 e. The van der Waals surface area contributed by atoms with E-state index in [0.29, 0.717) is 12.2 Å². The van der Waals surface area contributed by atoms with E-state index in [0.717, 1.165) is 0 Å².